The summed E-state index contributed by atoms with van der Waals surface area (Å²) in [6.45, 7) is 3.82. The molecule has 0 saturated heterocycles. The molecule has 0 saturated carbocycles. The van der Waals surface area contributed by atoms with Crippen LogP contribution in [-0.4, -0.2) is 5.97 Å². The van der Waals surface area contributed by atoms with Crippen LogP contribution >= 0.6 is 0 Å². The van der Waals surface area contributed by atoms with Gasteiger partial charge < -0.3 is 9.47 Å². The SMILES string of the molecule is Cc1ccccc1Oc1cccc2c1OC(=O)C2C. The van der Waals surface area contributed by atoms with Gasteiger partial charge in [-0.3, -0.25) is 4.79 Å². The van der Waals surface area contributed by atoms with Gasteiger partial charge in [-0.05, 0) is 31.5 Å². The van der Waals surface area contributed by atoms with Crippen LogP contribution < -0.4 is 9.47 Å². The molecule has 1 aliphatic rings. The highest BCUT2D eigenvalue weighted by molar-refractivity contribution is 5.87. The van der Waals surface area contributed by atoms with Crippen LogP contribution in [0.25, 0.3) is 0 Å². The zero-order valence-corrected chi connectivity index (χ0v) is 10.8. The Morgan fingerprint density at radius 3 is 2.58 bits per heavy atom. The fourth-order valence-corrected chi connectivity index (χ4v) is 2.17. The quantitative estimate of drug-likeness (QED) is 0.604. The number of carbonyl (C=O) groups is 1. The Hall–Kier alpha value is -2.29. The van der Waals surface area contributed by atoms with Gasteiger partial charge in [-0.25, -0.2) is 0 Å². The molecule has 0 spiro atoms. The first-order valence-corrected chi connectivity index (χ1v) is 6.25. The minimum atomic E-state index is -0.226. The average molecular weight is 254 g/mol. The van der Waals surface area contributed by atoms with E-state index in [-0.39, 0.29) is 11.9 Å². The summed E-state index contributed by atoms with van der Waals surface area (Å²) < 4.78 is 11.2. The highest BCUT2D eigenvalue weighted by Gasteiger charge is 2.31. The van der Waals surface area contributed by atoms with E-state index in [2.05, 4.69) is 0 Å². The van der Waals surface area contributed by atoms with E-state index in [0.717, 1.165) is 16.9 Å². The van der Waals surface area contributed by atoms with Crippen molar-refractivity contribution in [1.29, 1.82) is 0 Å². The van der Waals surface area contributed by atoms with Crippen molar-refractivity contribution in [1.82, 2.24) is 0 Å². The highest BCUT2D eigenvalue weighted by atomic mass is 16.6. The molecular weight excluding hydrogens is 240 g/mol. The number of para-hydroxylation sites is 2. The minimum Gasteiger partial charge on any atom is -0.453 e. The van der Waals surface area contributed by atoms with Crippen molar-refractivity contribution in [3.63, 3.8) is 0 Å². The summed E-state index contributed by atoms with van der Waals surface area (Å²) >= 11 is 0. The number of fused-ring (bicyclic) bond motifs is 1. The molecule has 2 aromatic carbocycles. The van der Waals surface area contributed by atoms with Gasteiger partial charge >= 0.3 is 5.97 Å². The standard InChI is InChI=1S/C16H14O3/c1-10-6-3-4-8-13(10)18-14-9-5-7-12-11(2)16(17)19-15(12)14/h3-9,11H,1-2H3. The van der Waals surface area contributed by atoms with Crippen molar-refractivity contribution in [2.24, 2.45) is 0 Å². The summed E-state index contributed by atoms with van der Waals surface area (Å²) in [5.74, 6) is 1.45. The van der Waals surface area contributed by atoms with Crippen molar-refractivity contribution in [3.8, 4) is 17.2 Å². The first-order valence-electron chi connectivity index (χ1n) is 6.25. The molecule has 1 unspecified atom stereocenters. The van der Waals surface area contributed by atoms with E-state index in [1.54, 1.807) is 0 Å². The Labute approximate surface area is 111 Å². The van der Waals surface area contributed by atoms with Crippen molar-refractivity contribution >= 4 is 5.97 Å². The van der Waals surface area contributed by atoms with Gasteiger partial charge in [-0.15, -0.1) is 0 Å². The van der Waals surface area contributed by atoms with Crippen LogP contribution in [0.2, 0.25) is 0 Å². The first kappa shape index (κ1) is 11.8. The van der Waals surface area contributed by atoms with E-state index in [4.69, 9.17) is 9.47 Å². The second kappa shape index (κ2) is 4.43. The Morgan fingerprint density at radius 2 is 1.79 bits per heavy atom. The summed E-state index contributed by atoms with van der Waals surface area (Å²) in [4.78, 5) is 11.6. The molecule has 0 aliphatic carbocycles. The van der Waals surface area contributed by atoms with Crippen molar-refractivity contribution < 1.29 is 14.3 Å². The largest absolute Gasteiger partial charge is 0.453 e. The highest BCUT2D eigenvalue weighted by Crippen LogP contribution is 2.43. The van der Waals surface area contributed by atoms with Crippen LogP contribution in [0.1, 0.15) is 24.0 Å². The van der Waals surface area contributed by atoms with Crippen molar-refractivity contribution in [2.75, 3.05) is 0 Å². The predicted molar refractivity (Wildman–Crippen MR) is 71.7 cm³/mol. The van der Waals surface area contributed by atoms with Crippen molar-refractivity contribution in [2.45, 2.75) is 19.8 Å². The summed E-state index contributed by atoms with van der Waals surface area (Å²) in [6, 6.07) is 13.3. The molecule has 1 heterocycles. The maximum atomic E-state index is 11.6. The lowest BCUT2D eigenvalue weighted by Crippen LogP contribution is -2.05. The molecule has 0 radical (unpaired) electrons. The van der Waals surface area contributed by atoms with E-state index >= 15 is 0 Å². The molecule has 0 fully saturated rings. The van der Waals surface area contributed by atoms with Gasteiger partial charge in [0.05, 0.1) is 5.92 Å². The zero-order valence-electron chi connectivity index (χ0n) is 10.8. The zero-order chi connectivity index (χ0) is 13.4. The number of hydrogen-bond donors (Lipinski definition) is 0. The van der Waals surface area contributed by atoms with Crippen LogP contribution in [0.4, 0.5) is 0 Å². The number of benzene rings is 2. The lowest BCUT2D eigenvalue weighted by atomic mass is 10.0. The van der Waals surface area contributed by atoms with Crippen LogP contribution in [0.5, 0.6) is 17.2 Å². The van der Waals surface area contributed by atoms with Crippen LogP contribution in [0.3, 0.4) is 0 Å². The van der Waals surface area contributed by atoms with Gasteiger partial charge in [0.1, 0.15) is 5.75 Å². The molecule has 1 atom stereocenters. The van der Waals surface area contributed by atoms with Crippen LogP contribution in [-0.2, 0) is 4.79 Å². The second-order valence-electron chi connectivity index (χ2n) is 4.68. The lowest BCUT2D eigenvalue weighted by Gasteiger charge is -2.11. The van der Waals surface area contributed by atoms with Gasteiger partial charge in [0, 0.05) is 5.56 Å². The molecule has 1 aliphatic heterocycles. The summed E-state index contributed by atoms with van der Waals surface area (Å²) in [5, 5.41) is 0. The van der Waals surface area contributed by atoms with Crippen molar-refractivity contribution in [3.05, 3.63) is 53.6 Å². The third-order valence-electron chi connectivity index (χ3n) is 3.35. The van der Waals surface area contributed by atoms with E-state index in [0.29, 0.717) is 11.5 Å². The van der Waals surface area contributed by atoms with Crippen LogP contribution in [0, 0.1) is 6.92 Å². The Morgan fingerprint density at radius 1 is 1.05 bits per heavy atom. The first-order chi connectivity index (χ1) is 9.16. The summed E-state index contributed by atoms with van der Waals surface area (Å²) in [6.07, 6.45) is 0. The Balaban J connectivity index is 2.00. The van der Waals surface area contributed by atoms with Gasteiger partial charge in [-0.2, -0.15) is 0 Å². The number of carbonyl (C=O) groups excluding carboxylic acids is 1. The number of rotatable bonds is 2. The van der Waals surface area contributed by atoms with E-state index in [1.807, 2.05) is 56.3 Å². The monoisotopic (exact) mass is 254 g/mol. The fourth-order valence-electron chi connectivity index (χ4n) is 2.17. The number of ether oxygens (including phenoxy) is 2. The molecule has 0 amide bonds. The topological polar surface area (TPSA) is 35.5 Å². The minimum absolute atomic E-state index is 0.226. The molecule has 3 heteroatoms. The molecule has 3 nitrogen and oxygen atoms in total. The third kappa shape index (κ3) is 1.97. The lowest BCUT2D eigenvalue weighted by molar-refractivity contribution is -0.133. The molecule has 96 valence electrons. The van der Waals surface area contributed by atoms with E-state index < -0.39 is 0 Å². The van der Waals surface area contributed by atoms with E-state index in [9.17, 15) is 4.79 Å². The predicted octanol–water partition coefficient (Wildman–Crippen LogP) is 3.81. The van der Waals surface area contributed by atoms with Gasteiger partial charge in [0.25, 0.3) is 0 Å². The molecule has 0 N–H and O–H groups in total. The number of esters is 1. The van der Waals surface area contributed by atoms with Gasteiger partial charge in [-0.1, -0.05) is 30.3 Å². The van der Waals surface area contributed by atoms with Gasteiger partial charge in [0.15, 0.2) is 11.5 Å². The maximum Gasteiger partial charge on any atom is 0.318 e. The summed E-state index contributed by atoms with van der Waals surface area (Å²) in [5.41, 5.74) is 1.92. The normalized spacial score (nSPS) is 16.9. The second-order valence-corrected chi connectivity index (χ2v) is 4.68. The average Bonchev–Trinajstić information content (AvgIpc) is 2.70. The van der Waals surface area contributed by atoms with Crippen LogP contribution in [0.15, 0.2) is 42.5 Å². The fraction of sp³-hybridized carbons (Fsp3) is 0.188. The number of hydrogen-bond acceptors (Lipinski definition) is 3. The van der Waals surface area contributed by atoms with E-state index in [1.165, 1.54) is 0 Å². The number of aryl methyl sites for hydroxylation is 1. The molecule has 19 heavy (non-hydrogen) atoms. The smallest absolute Gasteiger partial charge is 0.318 e. The third-order valence-corrected chi connectivity index (χ3v) is 3.35. The molecule has 2 aromatic rings. The molecule has 3 rings (SSSR count). The van der Waals surface area contributed by atoms with Gasteiger partial charge in [0.2, 0.25) is 0 Å². The Bertz CT molecular complexity index is 646. The molecule has 0 aromatic heterocycles. The molecular formula is C16H14O3. The maximum absolute atomic E-state index is 11.6. The molecule has 0 bridgehead atoms. The summed E-state index contributed by atoms with van der Waals surface area (Å²) in [7, 11) is 0. The Kier molecular flexibility index (Phi) is 2.75.